The Morgan fingerprint density at radius 2 is 2.29 bits per heavy atom. The Bertz CT molecular complexity index is 543. The number of rotatable bonds is 3. The first kappa shape index (κ1) is 10.4. The number of anilines is 1. The van der Waals surface area contributed by atoms with Gasteiger partial charge in [0.2, 0.25) is 5.88 Å². The maximum Gasteiger partial charge on any atom is 0.240 e. The van der Waals surface area contributed by atoms with Crippen molar-refractivity contribution in [2.24, 2.45) is 13.0 Å². The molecule has 2 aromatic rings. The maximum absolute atomic E-state index is 5.81. The number of nitrogens with two attached hydrogens (primary N) is 1. The summed E-state index contributed by atoms with van der Waals surface area (Å²) in [5, 5.41) is 5.41. The average molecular weight is 231 g/mol. The minimum atomic E-state index is 0.710. The summed E-state index contributed by atoms with van der Waals surface area (Å²) >= 11 is 0. The molecule has 0 aliphatic heterocycles. The molecule has 17 heavy (non-hydrogen) atoms. The highest BCUT2D eigenvalue weighted by atomic mass is 16.5. The average Bonchev–Trinajstić information content (AvgIpc) is 2.53. The van der Waals surface area contributed by atoms with Gasteiger partial charge in [-0.1, -0.05) is 6.42 Å². The number of ether oxygens (including phenoxy) is 1. The van der Waals surface area contributed by atoms with Crippen molar-refractivity contribution >= 4 is 16.6 Å². The van der Waals surface area contributed by atoms with Crippen molar-refractivity contribution in [3.8, 4) is 5.88 Å². The molecule has 0 saturated heterocycles. The maximum atomic E-state index is 5.81. The molecule has 4 nitrogen and oxygen atoms in total. The van der Waals surface area contributed by atoms with Gasteiger partial charge in [0.15, 0.2) is 0 Å². The van der Waals surface area contributed by atoms with E-state index in [9.17, 15) is 0 Å². The highest BCUT2D eigenvalue weighted by Crippen LogP contribution is 2.30. The Labute approximate surface area is 100 Å². The van der Waals surface area contributed by atoms with Crippen LogP contribution in [0.4, 0.5) is 5.69 Å². The van der Waals surface area contributed by atoms with Crippen molar-refractivity contribution in [3.05, 3.63) is 18.2 Å². The molecule has 1 aliphatic rings. The van der Waals surface area contributed by atoms with E-state index >= 15 is 0 Å². The van der Waals surface area contributed by atoms with Gasteiger partial charge in [-0.25, -0.2) is 0 Å². The molecule has 0 amide bonds. The summed E-state index contributed by atoms with van der Waals surface area (Å²) in [6.07, 6.45) is 3.91. The Balaban J connectivity index is 1.89. The lowest BCUT2D eigenvalue weighted by atomic mass is 9.86. The van der Waals surface area contributed by atoms with E-state index in [1.807, 2.05) is 29.9 Å². The number of aryl methyl sites for hydroxylation is 1. The molecular weight excluding hydrogens is 214 g/mol. The molecule has 4 heteroatoms. The first-order valence-electron chi connectivity index (χ1n) is 6.09. The largest absolute Gasteiger partial charge is 0.476 e. The SMILES string of the molecule is Cn1nc(OCC2CCC2)c2cc(N)ccc21. The van der Waals surface area contributed by atoms with Crippen molar-refractivity contribution in [1.29, 1.82) is 0 Å². The predicted molar refractivity (Wildman–Crippen MR) is 68.0 cm³/mol. The lowest BCUT2D eigenvalue weighted by Crippen LogP contribution is -2.19. The van der Waals surface area contributed by atoms with E-state index in [-0.39, 0.29) is 0 Å². The second-order valence-corrected chi connectivity index (χ2v) is 4.81. The van der Waals surface area contributed by atoms with Crippen LogP contribution in [-0.4, -0.2) is 16.4 Å². The first-order valence-corrected chi connectivity index (χ1v) is 6.09. The highest BCUT2D eigenvalue weighted by molar-refractivity contribution is 5.87. The second-order valence-electron chi connectivity index (χ2n) is 4.81. The molecule has 1 fully saturated rings. The van der Waals surface area contributed by atoms with Crippen LogP contribution in [0.15, 0.2) is 18.2 Å². The second kappa shape index (κ2) is 3.95. The fourth-order valence-electron chi connectivity index (χ4n) is 2.21. The molecule has 1 saturated carbocycles. The fraction of sp³-hybridized carbons (Fsp3) is 0.462. The number of hydrogen-bond acceptors (Lipinski definition) is 3. The molecule has 0 radical (unpaired) electrons. The molecule has 0 bridgehead atoms. The summed E-state index contributed by atoms with van der Waals surface area (Å²) in [4.78, 5) is 0. The molecule has 0 spiro atoms. The van der Waals surface area contributed by atoms with Gasteiger partial charge >= 0.3 is 0 Å². The number of aromatic nitrogens is 2. The van der Waals surface area contributed by atoms with Gasteiger partial charge in [-0.05, 0) is 37.0 Å². The topological polar surface area (TPSA) is 53.1 Å². The Morgan fingerprint density at radius 1 is 1.47 bits per heavy atom. The minimum absolute atomic E-state index is 0.710. The van der Waals surface area contributed by atoms with Crippen LogP contribution in [0, 0.1) is 5.92 Å². The van der Waals surface area contributed by atoms with Crippen molar-refractivity contribution in [1.82, 2.24) is 9.78 Å². The number of benzene rings is 1. The van der Waals surface area contributed by atoms with Crippen LogP contribution in [0.3, 0.4) is 0 Å². The molecule has 1 aliphatic carbocycles. The quantitative estimate of drug-likeness (QED) is 0.825. The number of nitrogens with zero attached hydrogens (tertiary/aromatic N) is 2. The Kier molecular flexibility index (Phi) is 2.42. The zero-order valence-corrected chi connectivity index (χ0v) is 10.0. The van der Waals surface area contributed by atoms with Crippen molar-refractivity contribution in [2.45, 2.75) is 19.3 Å². The first-order chi connectivity index (χ1) is 8.24. The van der Waals surface area contributed by atoms with Crippen LogP contribution in [0.25, 0.3) is 10.9 Å². The molecule has 2 N–H and O–H groups in total. The highest BCUT2D eigenvalue weighted by Gasteiger charge is 2.19. The van der Waals surface area contributed by atoms with Gasteiger partial charge in [0, 0.05) is 12.7 Å². The monoisotopic (exact) mass is 231 g/mol. The van der Waals surface area contributed by atoms with Crippen LogP contribution >= 0.6 is 0 Å². The lowest BCUT2D eigenvalue weighted by Gasteiger charge is -2.24. The molecule has 1 aromatic heterocycles. The van der Waals surface area contributed by atoms with E-state index in [1.165, 1.54) is 19.3 Å². The Morgan fingerprint density at radius 3 is 3.00 bits per heavy atom. The van der Waals surface area contributed by atoms with Gasteiger partial charge in [0.25, 0.3) is 0 Å². The summed E-state index contributed by atoms with van der Waals surface area (Å²) in [6, 6.07) is 5.80. The zero-order valence-electron chi connectivity index (χ0n) is 10.0. The van der Waals surface area contributed by atoms with Crippen LogP contribution in [0.2, 0.25) is 0 Å². The van der Waals surface area contributed by atoms with Crippen molar-refractivity contribution < 1.29 is 4.74 Å². The molecular formula is C13H17N3O. The van der Waals surface area contributed by atoms with Gasteiger partial charge in [0.1, 0.15) is 0 Å². The molecule has 1 aromatic carbocycles. The third-order valence-corrected chi connectivity index (χ3v) is 3.52. The van der Waals surface area contributed by atoms with Gasteiger partial charge in [-0.15, -0.1) is 5.10 Å². The molecule has 1 heterocycles. The van der Waals surface area contributed by atoms with E-state index in [0.717, 1.165) is 23.2 Å². The summed E-state index contributed by atoms with van der Waals surface area (Å²) in [7, 11) is 1.93. The summed E-state index contributed by atoms with van der Waals surface area (Å²) in [6.45, 7) is 0.779. The minimum Gasteiger partial charge on any atom is -0.476 e. The fourth-order valence-corrected chi connectivity index (χ4v) is 2.21. The third-order valence-electron chi connectivity index (χ3n) is 3.52. The predicted octanol–water partition coefficient (Wildman–Crippen LogP) is 2.33. The Hall–Kier alpha value is -1.71. The van der Waals surface area contributed by atoms with E-state index in [2.05, 4.69) is 5.10 Å². The van der Waals surface area contributed by atoms with Crippen LogP contribution in [-0.2, 0) is 7.05 Å². The van der Waals surface area contributed by atoms with Gasteiger partial charge < -0.3 is 10.5 Å². The number of nitrogen functional groups attached to an aromatic ring is 1. The van der Waals surface area contributed by atoms with E-state index in [4.69, 9.17) is 10.5 Å². The van der Waals surface area contributed by atoms with Gasteiger partial charge in [-0.2, -0.15) is 0 Å². The number of fused-ring (bicyclic) bond motifs is 1. The van der Waals surface area contributed by atoms with E-state index in [0.29, 0.717) is 11.8 Å². The normalized spacial score (nSPS) is 16.1. The van der Waals surface area contributed by atoms with Crippen molar-refractivity contribution in [2.75, 3.05) is 12.3 Å². The van der Waals surface area contributed by atoms with Crippen LogP contribution in [0.1, 0.15) is 19.3 Å². The van der Waals surface area contributed by atoms with E-state index < -0.39 is 0 Å². The lowest BCUT2D eigenvalue weighted by molar-refractivity contribution is 0.176. The molecule has 0 atom stereocenters. The zero-order chi connectivity index (χ0) is 11.8. The van der Waals surface area contributed by atoms with Crippen LogP contribution in [0.5, 0.6) is 5.88 Å². The van der Waals surface area contributed by atoms with Gasteiger partial charge in [-0.3, -0.25) is 4.68 Å². The molecule has 90 valence electrons. The number of hydrogen-bond donors (Lipinski definition) is 1. The summed E-state index contributed by atoms with van der Waals surface area (Å²) in [5.41, 5.74) is 7.61. The molecule has 0 unspecified atom stereocenters. The van der Waals surface area contributed by atoms with Gasteiger partial charge in [0.05, 0.1) is 17.5 Å². The smallest absolute Gasteiger partial charge is 0.240 e. The third kappa shape index (κ3) is 1.84. The standard InChI is InChI=1S/C13H17N3O/c1-16-12-6-5-10(14)7-11(12)13(15-16)17-8-9-3-2-4-9/h5-7,9H,2-4,8,14H2,1H3. The van der Waals surface area contributed by atoms with Crippen LogP contribution < -0.4 is 10.5 Å². The van der Waals surface area contributed by atoms with Crippen molar-refractivity contribution in [3.63, 3.8) is 0 Å². The van der Waals surface area contributed by atoms with E-state index in [1.54, 1.807) is 0 Å². The summed E-state index contributed by atoms with van der Waals surface area (Å²) in [5.74, 6) is 1.43. The summed E-state index contributed by atoms with van der Waals surface area (Å²) < 4.78 is 7.65. The molecule has 3 rings (SSSR count).